The second-order valence-corrected chi connectivity index (χ2v) is 6.27. The first kappa shape index (κ1) is 15.6. The quantitative estimate of drug-likeness (QED) is 0.390. The number of pyridine rings is 2. The fraction of sp³-hybridized carbons (Fsp3) is 0.182. The Morgan fingerprint density at radius 3 is 2.40 bits per heavy atom. The van der Waals surface area contributed by atoms with Gasteiger partial charge >= 0.3 is 0 Å². The molecule has 0 atom stereocenters. The molecule has 0 saturated heterocycles. The molecule has 4 rings (SSSR count). The van der Waals surface area contributed by atoms with Crippen LogP contribution in [0.3, 0.4) is 0 Å². The van der Waals surface area contributed by atoms with Gasteiger partial charge in [-0.3, -0.25) is 4.98 Å². The molecule has 0 aliphatic carbocycles. The third-order valence-electron chi connectivity index (χ3n) is 4.52. The lowest BCUT2D eigenvalue weighted by molar-refractivity contribution is 0.760. The second-order valence-electron chi connectivity index (χ2n) is 6.27. The first-order chi connectivity index (χ1) is 12.4. The van der Waals surface area contributed by atoms with E-state index < -0.39 is 0 Å². The van der Waals surface area contributed by atoms with Crippen molar-refractivity contribution < 1.29 is 0 Å². The summed E-state index contributed by atoms with van der Waals surface area (Å²) in [6, 6.07) is 21.0. The minimum Gasteiger partial charge on any atom is -0.370 e. The van der Waals surface area contributed by atoms with Crippen LogP contribution < -0.4 is 5.32 Å². The highest BCUT2D eigenvalue weighted by Crippen LogP contribution is 2.28. The molecule has 1 N–H and O–H groups in total. The summed E-state index contributed by atoms with van der Waals surface area (Å²) < 4.78 is 0. The van der Waals surface area contributed by atoms with E-state index in [0.717, 1.165) is 37.1 Å². The zero-order valence-corrected chi connectivity index (χ0v) is 14.2. The Morgan fingerprint density at radius 2 is 1.56 bits per heavy atom. The SMILES string of the molecule is c1cncc(CCCCNc2nc3ccccc3c3ccccc23)c1. The fourth-order valence-corrected chi connectivity index (χ4v) is 3.25. The summed E-state index contributed by atoms with van der Waals surface area (Å²) in [4.78, 5) is 9.01. The highest BCUT2D eigenvalue weighted by molar-refractivity contribution is 6.09. The second kappa shape index (κ2) is 7.31. The van der Waals surface area contributed by atoms with Gasteiger partial charge in [0.25, 0.3) is 0 Å². The van der Waals surface area contributed by atoms with Crippen LogP contribution in [0.5, 0.6) is 0 Å². The van der Waals surface area contributed by atoms with Crippen molar-refractivity contribution >= 4 is 27.5 Å². The molecular formula is C22H21N3. The monoisotopic (exact) mass is 327 g/mol. The molecule has 2 heterocycles. The van der Waals surface area contributed by atoms with Gasteiger partial charge in [-0.05, 0) is 42.3 Å². The van der Waals surface area contributed by atoms with Crippen LogP contribution in [0.15, 0.2) is 73.1 Å². The molecule has 0 unspecified atom stereocenters. The Balaban J connectivity index is 1.47. The summed E-state index contributed by atoms with van der Waals surface area (Å²) in [5.74, 6) is 0.982. The molecule has 3 nitrogen and oxygen atoms in total. The van der Waals surface area contributed by atoms with Gasteiger partial charge < -0.3 is 5.32 Å². The minimum atomic E-state index is 0.926. The van der Waals surface area contributed by atoms with E-state index in [2.05, 4.69) is 58.8 Å². The summed E-state index contributed by atoms with van der Waals surface area (Å²) in [6.07, 6.45) is 7.09. The number of hydrogen-bond acceptors (Lipinski definition) is 3. The molecule has 0 saturated carbocycles. The van der Waals surface area contributed by atoms with Crippen molar-refractivity contribution in [3.05, 3.63) is 78.6 Å². The van der Waals surface area contributed by atoms with Crippen LogP contribution in [-0.2, 0) is 6.42 Å². The number of aromatic nitrogens is 2. The molecule has 0 aliphatic rings. The maximum Gasteiger partial charge on any atom is 0.134 e. The topological polar surface area (TPSA) is 37.8 Å². The van der Waals surface area contributed by atoms with E-state index in [9.17, 15) is 0 Å². The Labute approximate surface area is 147 Å². The van der Waals surface area contributed by atoms with Gasteiger partial charge in [-0.2, -0.15) is 0 Å². The smallest absolute Gasteiger partial charge is 0.134 e. The summed E-state index contributed by atoms with van der Waals surface area (Å²) in [5.41, 5.74) is 2.34. The molecular weight excluding hydrogens is 306 g/mol. The number of anilines is 1. The van der Waals surface area contributed by atoms with Crippen molar-refractivity contribution in [1.82, 2.24) is 9.97 Å². The Kier molecular flexibility index (Phi) is 4.55. The number of rotatable bonds is 6. The predicted molar refractivity (Wildman–Crippen MR) is 105 cm³/mol. The summed E-state index contributed by atoms with van der Waals surface area (Å²) in [6.45, 7) is 0.926. The lowest BCUT2D eigenvalue weighted by Gasteiger charge is -2.11. The van der Waals surface area contributed by atoms with Crippen LogP contribution in [0.2, 0.25) is 0 Å². The lowest BCUT2D eigenvalue weighted by Crippen LogP contribution is -2.05. The maximum absolute atomic E-state index is 4.84. The van der Waals surface area contributed by atoms with Gasteiger partial charge in [0.15, 0.2) is 0 Å². The molecule has 2 aromatic carbocycles. The van der Waals surface area contributed by atoms with Crippen molar-refractivity contribution in [2.45, 2.75) is 19.3 Å². The van der Waals surface area contributed by atoms with Crippen LogP contribution in [-0.4, -0.2) is 16.5 Å². The predicted octanol–water partition coefficient (Wildman–Crippen LogP) is 5.22. The molecule has 124 valence electrons. The number of nitrogens with one attached hydrogen (secondary N) is 1. The van der Waals surface area contributed by atoms with Crippen LogP contribution in [0.25, 0.3) is 21.7 Å². The van der Waals surface area contributed by atoms with Gasteiger partial charge in [-0.15, -0.1) is 0 Å². The average molecular weight is 327 g/mol. The van der Waals surface area contributed by atoms with E-state index in [-0.39, 0.29) is 0 Å². The van der Waals surface area contributed by atoms with Crippen LogP contribution in [0.4, 0.5) is 5.82 Å². The minimum absolute atomic E-state index is 0.926. The number of fused-ring (bicyclic) bond motifs is 3. The fourth-order valence-electron chi connectivity index (χ4n) is 3.25. The number of hydrogen-bond donors (Lipinski definition) is 1. The number of aryl methyl sites for hydroxylation is 1. The molecule has 25 heavy (non-hydrogen) atoms. The molecule has 0 amide bonds. The number of para-hydroxylation sites is 1. The summed E-state index contributed by atoms with van der Waals surface area (Å²) in [5, 5.41) is 7.19. The van der Waals surface area contributed by atoms with Gasteiger partial charge in [0.05, 0.1) is 5.52 Å². The van der Waals surface area contributed by atoms with Gasteiger partial charge in [0, 0.05) is 29.7 Å². The highest BCUT2D eigenvalue weighted by atomic mass is 15.0. The van der Waals surface area contributed by atoms with Gasteiger partial charge in [0.1, 0.15) is 5.82 Å². The van der Waals surface area contributed by atoms with Crippen molar-refractivity contribution in [3.8, 4) is 0 Å². The van der Waals surface area contributed by atoms with Gasteiger partial charge in [-0.1, -0.05) is 48.5 Å². The zero-order chi connectivity index (χ0) is 16.9. The third-order valence-corrected chi connectivity index (χ3v) is 4.52. The molecule has 0 fully saturated rings. The number of benzene rings is 2. The van der Waals surface area contributed by atoms with Gasteiger partial charge in [-0.25, -0.2) is 4.98 Å². The molecule has 0 aliphatic heterocycles. The van der Waals surface area contributed by atoms with E-state index in [1.54, 1.807) is 0 Å². The first-order valence-electron chi connectivity index (χ1n) is 8.82. The standard InChI is InChI=1S/C22H21N3/c1-2-12-20-18(10-1)19-11-3-4-13-21(19)25-22(20)24-15-6-5-8-17-9-7-14-23-16-17/h1-4,7,9-14,16H,5-6,8,15H2,(H,24,25). The zero-order valence-electron chi connectivity index (χ0n) is 14.2. The average Bonchev–Trinajstić information content (AvgIpc) is 2.68. The summed E-state index contributed by atoms with van der Waals surface area (Å²) in [7, 11) is 0. The number of unbranched alkanes of at least 4 members (excludes halogenated alkanes) is 1. The van der Waals surface area contributed by atoms with E-state index in [1.807, 2.05) is 24.5 Å². The molecule has 2 aromatic heterocycles. The maximum atomic E-state index is 4.84. The first-order valence-corrected chi connectivity index (χ1v) is 8.82. The van der Waals surface area contributed by atoms with Crippen molar-refractivity contribution in [3.63, 3.8) is 0 Å². The summed E-state index contributed by atoms with van der Waals surface area (Å²) >= 11 is 0. The lowest BCUT2D eigenvalue weighted by atomic mass is 10.1. The molecule has 0 spiro atoms. The van der Waals surface area contributed by atoms with Gasteiger partial charge in [0.2, 0.25) is 0 Å². The van der Waals surface area contributed by atoms with Crippen molar-refractivity contribution in [1.29, 1.82) is 0 Å². The van der Waals surface area contributed by atoms with Crippen LogP contribution >= 0.6 is 0 Å². The number of nitrogens with zero attached hydrogens (tertiary/aromatic N) is 2. The van der Waals surface area contributed by atoms with Crippen LogP contribution in [0, 0.1) is 0 Å². The largest absolute Gasteiger partial charge is 0.370 e. The van der Waals surface area contributed by atoms with E-state index >= 15 is 0 Å². The van der Waals surface area contributed by atoms with E-state index in [0.29, 0.717) is 0 Å². The molecule has 4 aromatic rings. The molecule has 0 radical (unpaired) electrons. The Hall–Kier alpha value is -2.94. The van der Waals surface area contributed by atoms with E-state index in [4.69, 9.17) is 4.98 Å². The highest BCUT2D eigenvalue weighted by Gasteiger charge is 2.07. The third kappa shape index (κ3) is 3.45. The van der Waals surface area contributed by atoms with Crippen molar-refractivity contribution in [2.75, 3.05) is 11.9 Å². The van der Waals surface area contributed by atoms with Crippen LogP contribution in [0.1, 0.15) is 18.4 Å². The molecule has 3 heteroatoms. The molecule has 0 bridgehead atoms. The van der Waals surface area contributed by atoms with Crippen molar-refractivity contribution in [2.24, 2.45) is 0 Å². The van der Waals surface area contributed by atoms with E-state index in [1.165, 1.54) is 21.7 Å². The normalized spacial score (nSPS) is 11.0. The Morgan fingerprint density at radius 1 is 0.760 bits per heavy atom. The Bertz CT molecular complexity index is 980.